The number of pyridine rings is 2. The number of carbonyl (C=O) groups excluding carboxylic acids is 1. The number of nitrogens with zero attached hydrogens (tertiary/aromatic N) is 11. The maximum absolute atomic E-state index is 16.6. The number of amides is 1. The molecule has 0 aliphatic carbocycles. The Labute approximate surface area is 495 Å². The number of halogens is 4. The van der Waals surface area contributed by atoms with Crippen LogP contribution in [0.1, 0.15) is 122 Å². The van der Waals surface area contributed by atoms with Gasteiger partial charge in [0.2, 0.25) is 0 Å². The highest BCUT2D eigenvalue weighted by Crippen LogP contribution is 2.44. The zero-order valence-corrected chi connectivity index (χ0v) is 49.6. The number of unbranched alkanes of at least 4 members (excludes halogenated alkanes) is 1. The molecule has 4 atom stereocenters. The fraction of sp³-hybridized carbons (Fsp3) is 0.571. The van der Waals surface area contributed by atoms with E-state index in [4.69, 9.17) is 52.4 Å². The Balaban J connectivity index is 0.000000157. The first-order chi connectivity index (χ1) is 40.5. The van der Waals surface area contributed by atoms with Gasteiger partial charge < -0.3 is 29.3 Å². The van der Waals surface area contributed by atoms with E-state index in [9.17, 15) is 4.79 Å². The van der Waals surface area contributed by atoms with Crippen molar-refractivity contribution in [2.75, 3.05) is 82.0 Å². The molecule has 16 nitrogen and oxygen atoms in total. The van der Waals surface area contributed by atoms with Gasteiger partial charge in [0.05, 0.1) is 40.5 Å². The molecule has 8 aliphatic heterocycles. The smallest absolute Gasteiger partial charge is 0.410 e. The topological polar surface area (TPSA) is 150 Å². The highest BCUT2D eigenvalue weighted by molar-refractivity contribution is 6.32. The molecule has 83 heavy (non-hydrogen) atoms. The van der Waals surface area contributed by atoms with E-state index in [2.05, 4.69) is 46.8 Å². The van der Waals surface area contributed by atoms with Crippen LogP contribution < -0.4 is 24.6 Å². The second-order valence-corrected chi connectivity index (χ2v) is 25.2. The summed E-state index contributed by atoms with van der Waals surface area (Å²) in [7, 11) is 0. The van der Waals surface area contributed by atoms with Gasteiger partial charge in [0, 0.05) is 71.8 Å². The normalized spacial score (nSPS) is 23.2. The number of benzene rings is 2. The number of nitrogens with one attached hydrogen (secondary N) is 1. The van der Waals surface area contributed by atoms with Crippen molar-refractivity contribution in [3.05, 3.63) is 81.6 Å². The van der Waals surface area contributed by atoms with Gasteiger partial charge in [0.15, 0.2) is 11.6 Å². The lowest BCUT2D eigenvalue weighted by Crippen LogP contribution is -2.56. The van der Waals surface area contributed by atoms with Gasteiger partial charge in [-0.25, -0.2) is 13.6 Å². The summed E-state index contributed by atoms with van der Waals surface area (Å²) in [5, 5.41) is 6.04. The Kier molecular flexibility index (Phi) is 16.0. The third-order valence-corrected chi connectivity index (χ3v) is 20.2. The average molecular weight is 1170 g/mol. The minimum absolute atomic E-state index is 0.000114. The Bertz CT molecular complexity index is 3370. The molecule has 440 valence electrons. The van der Waals surface area contributed by atoms with E-state index in [-0.39, 0.29) is 63.7 Å². The average Bonchev–Trinajstić information content (AvgIpc) is 3.25. The minimum atomic E-state index is -0.513. The molecule has 0 saturated carbocycles. The number of fused-ring (bicyclic) bond motifs is 8. The van der Waals surface area contributed by atoms with Gasteiger partial charge in [-0.1, -0.05) is 74.7 Å². The van der Waals surface area contributed by atoms with E-state index in [0.717, 1.165) is 133 Å². The predicted octanol–water partition coefficient (Wildman–Crippen LogP) is 11.6. The summed E-state index contributed by atoms with van der Waals surface area (Å²) in [6, 6.07) is 12.3. The molecule has 20 heteroatoms. The van der Waals surface area contributed by atoms with Gasteiger partial charge >= 0.3 is 18.1 Å². The third kappa shape index (κ3) is 10.6. The van der Waals surface area contributed by atoms with Crippen LogP contribution in [0.2, 0.25) is 10.0 Å². The lowest BCUT2D eigenvalue weighted by atomic mass is 9.95. The van der Waals surface area contributed by atoms with Crippen LogP contribution in [0.25, 0.3) is 44.3 Å². The number of ether oxygens (including phenoxy) is 3. The first kappa shape index (κ1) is 56.3. The van der Waals surface area contributed by atoms with Crippen molar-refractivity contribution in [1.29, 1.82) is 0 Å². The number of hydrogen-bond acceptors (Lipinski definition) is 15. The number of piperazine rings is 2. The monoisotopic (exact) mass is 1170 g/mol. The molecule has 6 aromatic rings. The van der Waals surface area contributed by atoms with E-state index >= 15 is 8.78 Å². The maximum atomic E-state index is 16.6. The van der Waals surface area contributed by atoms with Crippen LogP contribution in [0, 0.1) is 11.6 Å². The Morgan fingerprint density at radius 1 is 0.639 bits per heavy atom. The summed E-state index contributed by atoms with van der Waals surface area (Å²) in [6.45, 7) is 14.8. The third-order valence-electron chi connectivity index (χ3n) is 19.5. The van der Waals surface area contributed by atoms with E-state index in [1.165, 1.54) is 12.8 Å². The van der Waals surface area contributed by atoms with Crippen LogP contribution in [0.3, 0.4) is 0 Å². The lowest BCUT2D eigenvalue weighted by molar-refractivity contribution is 0.0776. The van der Waals surface area contributed by atoms with Crippen molar-refractivity contribution in [2.24, 2.45) is 0 Å². The largest absolute Gasteiger partial charge is 0.461 e. The van der Waals surface area contributed by atoms with Crippen molar-refractivity contribution in [3.8, 4) is 34.5 Å². The summed E-state index contributed by atoms with van der Waals surface area (Å²) < 4.78 is 51.3. The minimum Gasteiger partial charge on any atom is -0.461 e. The van der Waals surface area contributed by atoms with Crippen LogP contribution in [-0.2, 0) is 17.6 Å². The number of rotatable bonds is 15. The van der Waals surface area contributed by atoms with Crippen molar-refractivity contribution in [3.63, 3.8) is 0 Å². The summed E-state index contributed by atoms with van der Waals surface area (Å²) in [5.41, 5.74) is 4.07. The van der Waals surface area contributed by atoms with Crippen molar-refractivity contribution in [2.45, 2.75) is 159 Å². The molecule has 4 aromatic heterocycles. The van der Waals surface area contributed by atoms with Crippen LogP contribution in [-0.4, -0.2) is 158 Å². The van der Waals surface area contributed by atoms with Crippen LogP contribution in [0.4, 0.5) is 25.2 Å². The molecule has 0 spiro atoms. The molecule has 12 heterocycles. The molecule has 14 rings (SSSR count). The zero-order chi connectivity index (χ0) is 57.0. The van der Waals surface area contributed by atoms with Crippen LogP contribution in [0.15, 0.2) is 48.8 Å². The Hall–Kier alpha value is -5.79. The molecule has 0 unspecified atom stereocenters. The molecular formula is C63H76Cl2F2N12O4. The first-order valence-electron chi connectivity index (χ1n) is 30.7. The number of anilines is 2. The second kappa shape index (κ2) is 23.6. The quantitative estimate of drug-likeness (QED) is 0.0971. The number of aromatic nitrogens is 6. The Morgan fingerprint density at radius 2 is 1.10 bits per heavy atom. The fourth-order valence-electron chi connectivity index (χ4n) is 15.4. The first-order valence-corrected chi connectivity index (χ1v) is 31.5. The molecule has 8 fully saturated rings. The zero-order valence-electron chi connectivity index (χ0n) is 48.1. The highest BCUT2D eigenvalue weighted by Gasteiger charge is 2.48. The second-order valence-electron chi connectivity index (χ2n) is 24.4. The molecule has 0 radical (unpaired) electrons. The molecular weight excluding hydrogens is 1100 g/mol. The van der Waals surface area contributed by atoms with Crippen molar-refractivity contribution in [1.82, 2.24) is 49.9 Å². The highest BCUT2D eigenvalue weighted by atomic mass is 35.5. The number of hydrogen-bond donors (Lipinski definition) is 1. The molecule has 8 saturated heterocycles. The van der Waals surface area contributed by atoms with Crippen molar-refractivity contribution >= 4 is 62.7 Å². The standard InChI is InChI=1S/C34H42ClFN6O3.C29H34ClFN6O/c1-3-5-17-44-33(43)42-22-11-12-23(42)20-40(19-22)31-26-18-37-29(25-9-6-10-27(35)24(25)4-2)28(36)30(26)38-32(39-31)45-21-34-13-7-15-41(34)16-8-14-34;1-2-20-21(6-3-7-23(20)30)25-24(31)26-22(14-32-25)27(36-15-18-8-9-19(16-36)33-18)35-28(34-26)38-17-29-10-4-12-37(29)13-5-11-29/h6,9-10,18,22-23H,3-5,7-8,11-17,19-21H2,1-2H3;3,6-7,14,18-19,33H,2,4-5,8-13,15-17H2,1H3/t22-,23+;18-,19+. The predicted molar refractivity (Wildman–Crippen MR) is 320 cm³/mol. The molecule has 1 N–H and O–H groups in total. The van der Waals surface area contributed by atoms with Crippen molar-refractivity contribution < 1.29 is 27.8 Å². The van der Waals surface area contributed by atoms with E-state index in [0.29, 0.717) is 95.6 Å². The summed E-state index contributed by atoms with van der Waals surface area (Å²) in [5.74, 6) is 0.349. The van der Waals surface area contributed by atoms with Gasteiger partial charge in [-0.3, -0.25) is 24.7 Å². The van der Waals surface area contributed by atoms with Crippen LogP contribution in [0.5, 0.6) is 12.0 Å². The Morgan fingerprint density at radius 3 is 1.54 bits per heavy atom. The maximum Gasteiger partial charge on any atom is 0.410 e. The molecule has 8 aliphatic rings. The lowest BCUT2D eigenvalue weighted by Gasteiger charge is -2.41. The van der Waals surface area contributed by atoms with E-state index in [1.807, 2.05) is 55.1 Å². The number of carbonyl (C=O) groups is 1. The van der Waals surface area contributed by atoms with Gasteiger partial charge in [0.1, 0.15) is 47.3 Å². The summed E-state index contributed by atoms with van der Waals surface area (Å²) >= 11 is 13.0. The fourth-order valence-corrected chi connectivity index (χ4v) is 16.0. The van der Waals surface area contributed by atoms with Gasteiger partial charge in [-0.05, 0) is 146 Å². The van der Waals surface area contributed by atoms with Crippen LogP contribution >= 0.6 is 23.2 Å². The van der Waals surface area contributed by atoms with E-state index in [1.54, 1.807) is 12.4 Å². The SMILES string of the molecule is CCCCOC(=O)N1[C@@H]2CC[C@H]1CN(c1nc(OCC34CCCN3CCC4)nc3c(F)c(-c4cccc(Cl)c4CC)ncc13)C2.CCc1c(Cl)cccc1-c1ncc2c(N3C[C@H]4CC[C@@H](C3)N4)nc(OCC34CCCN3CCC4)nc2c1F. The summed E-state index contributed by atoms with van der Waals surface area (Å²) in [6.07, 6.45) is 19.5. The molecule has 2 aromatic carbocycles. The molecule has 4 bridgehead atoms. The van der Waals surface area contributed by atoms with Gasteiger partial charge in [-0.15, -0.1) is 0 Å². The van der Waals surface area contributed by atoms with Gasteiger partial charge in [-0.2, -0.15) is 19.9 Å². The molecule has 1 amide bonds. The summed E-state index contributed by atoms with van der Waals surface area (Å²) in [4.78, 5) is 52.9. The van der Waals surface area contributed by atoms with Gasteiger partial charge in [0.25, 0.3) is 0 Å². The van der Waals surface area contributed by atoms with E-state index < -0.39 is 11.6 Å².